The predicted molar refractivity (Wildman–Crippen MR) is 121 cm³/mol. The van der Waals surface area contributed by atoms with Crippen LogP contribution in [0.3, 0.4) is 0 Å². The van der Waals surface area contributed by atoms with Crippen LogP contribution in [0, 0.1) is 13.8 Å². The zero-order valence-electron chi connectivity index (χ0n) is 18.5. The summed E-state index contributed by atoms with van der Waals surface area (Å²) in [7, 11) is 1.44. The van der Waals surface area contributed by atoms with E-state index in [2.05, 4.69) is 5.32 Å². The molecule has 172 valence electrons. The van der Waals surface area contributed by atoms with E-state index in [-0.39, 0.29) is 12.5 Å². The summed E-state index contributed by atoms with van der Waals surface area (Å²) in [6, 6.07) is 13.4. The summed E-state index contributed by atoms with van der Waals surface area (Å²) in [6.07, 6.45) is 0. The van der Waals surface area contributed by atoms with Crippen molar-refractivity contribution in [2.75, 3.05) is 32.1 Å². The smallest absolute Gasteiger partial charge is 0.344 e. The molecule has 1 heterocycles. The number of amides is 2. The van der Waals surface area contributed by atoms with Crippen molar-refractivity contribution in [3.05, 3.63) is 70.1 Å². The number of ether oxygens (including phenoxy) is 2. The molecule has 0 aliphatic carbocycles. The average molecular weight is 452 g/mol. The summed E-state index contributed by atoms with van der Waals surface area (Å²) >= 11 is 0. The van der Waals surface area contributed by atoms with Crippen LogP contribution < -0.4 is 15.7 Å². The van der Waals surface area contributed by atoms with Crippen molar-refractivity contribution < 1.29 is 28.3 Å². The Balaban J connectivity index is 1.44. The molecule has 33 heavy (non-hydrogen) atoms. The number of nitrogens with zero attached hydrogens (tertiary/aromatic N) is 1. The number of esters is 1. The lowest BCUT2D eigenvalue weighted by Gasteiger charge is -2.18. The second kappa shape index (κ2) is 10.4. The van der Waals surface area contributed by atoms with Gasteiger partial charge >= 0.3 is 11.6 Å². The van der Waals surface area contributed by atoms with E-state index in [9.17, 15) is 19.2 Å². The van der Waals surface area contributed by atoms with Crippen molar-refractivity contribution in [2.45, 2.75) is 13.8 Å². The summed E-state index contributed by atoms with van der Waals surface area (Å²) < 4.78 is 15.3. The van der Waals surface area contributed by atoms with E-state index < -0.39 is 30.7 Å². The topological polar surface area (TPSA) is 115 Å². The van der Waals surface area contributed by atoms with Crippen LogP contribution in [0.25, 0.3) is 11.0 Å². The van der Waals surface area contributed by atoms with Gasteiger partial charge in [0.25, 0.3) is 5.91 Å². The van der Waals surface area contributed by atoms with E-state index in [4.69, 9.17) is 13.9 Å². The first-order chi connectivity index (χ1) is 15.7. The molecule has 0 saturated heterocycles. The second-order valence-electron chi connectivity index (χ2n) is 7.47. The first-order valence-electron chi connectivity index (χ1n) is 10.2. The van der Waals surface area contributed by atoms with Crippen molar-refractivity contribution in [3.63, 3.8) is 0 Å². The van der Waals surface area contributed by atoms with Crippen molar-refractivity contribution in [1.29, 1.82) is 0 Å². The summed E-state index contributed by atoms with van der Waals surface area (Å²) in [4.78, 5) is 48.9. The molecular weight excluding hydrogens is 428 g/mol. The highest BCUT2D eigenvalue weighted by molar-refractivity contribution is 5.96. The van der Waals surface area contributed by atoms with E-state index in [1.54, 1.807) is 18.2 Å². The number of anilines is 1. The van der Waals surface area contributed by atoms with Gasteiger partial charge in [-0.3, -0.25) is 9.59 Å². The Morgan fingerprint density at radius 2 is 1.70 bits per heavy atom. The van der Waals surface area contributed by atoms with Gasteiger partial charge in [0.05, 0.1) is 6.54 Å². The number of carbonyl (C=O) groups is 3. The molecule has 2 amide bonds. The molecular formula is C24H24N2O7. The van der Waals surface area contributed by atoms with Crippen LogP contribution in [0.2, 0.25) is 0 Å². The van der Waals surface area contributed by atoms with Crippen LogP contribution in [0.1, 0.15) is 11.1 Å². The van der Waals surface area contributed by atoms with Crippen LogP contribution in [0.4, 0.5) is 5.69 Å². The Hall–Kier alpha value is -4.14. The third-order valence-corrected chi connectivity index (χ3v) is 4.86. The van der Waals surface area contributed by atoms with E-state index in [0.717, 1.165) is 11.1 Å². The molecule has 1 aromatic heterocycles. The third kappa shape index (κ3) is 6.42. The molecule has 0 unspecified atom stereocenters. The van der Waals surface area contributed by atoms with Crippen molar-refractivity contribution in [1.82, 2.24) is 4.90 Å². The Kier molecular flexibility index (Phi) is 7.45. The Labute approximate surface area is 189 Å². The molecule has 2 aromatic carbocycles. The van der Waals surface area contributed by atoms with E-state index in [1.807, 2.05) is 32.0 Å². The number of hydrogen-bond donors (Lipinski definition) is 1. The van der Waals surface area contributed by atoms with Crippen LogP contribution in [0.15, 0.2) is 57.7 Å². The fraction of sp³-hybridized carbons (Fsp3) is 0.250. The zero-order chi connectivity index (χ0) is 24.0. The Morgan fingerprint density at radius 3 is 2.42 bits per heavy atom. The summed E-state index contributed by atoms with van der Waals surface area (Å²) in [5, 5.41) is 3.50. The molecule has 0 saturated carbocycles. The molecule has 0 spiro atoms. The Bertz CT molecular complexity index is 1230. The highest BCUT2D eigenvalue weighted by atomic mass is 16.6. The standard InChI is InChI=1S/C24H24N2O7/c1-15-5-4-6-16(2)24(15)25-20(27)12-26(3)21(28)13-32-23(30)14-31-18-9-7-17-8-10-22(29)33-19(17)11-18/h4-11H,12-14H2,1-3H3,(H,25,27). The number of benzene rings is 2. The predicted octanol–water partition coefficient (Wildman–Crippen LogP) is 2.43. The van der Waals surface area contributed by atoms with Gasteiger partial charge in [-0.05, 0) is 43.2 Å². The molecule has 0 fully saturated rings. The number of likely N-dealkylation sites (N-methyl/N-ethyl adjacent to an activating group) is 1. The average Bonchev–Trinajstić information content (AvgIpc) is 2.78. The monoisotopic (exact) mass is 452 g/mol. The van der Waals surface area contributed by atoms with Gasteiger partial charge in [0.15, 0.2) is 13.2 Å². The normalized spacial score (nSPS) is 10.5. The van der Waals surface area contributed by atoms with Gasteiger partial charge in [0, 0.05) is 30.3 Å². The van der Waals surface area contributed by atoms with Crippen molar-refractivity contribution >= 4 is 34.4 Å². The van der Waals surface area contributed by atoms with Gasteiger partial charge in [-0.2, -0.15) is 0 Å². The summed E-state index contributed by atoms with van der Waals surface area (Å²) in [6.45, 7) is 2.61. The largest absolute Gasteiger partial charge is 0.482 e. The number of para-hydroxylation sites is 1. The molecule has 1 N–H and O–H groups in total. The van der Waals surface area contributed by atoms with Crippen molar-refractivity contribution in [3.8, 4) is 5.75 Å². The van der Waals surface area contributed by atoms with E-state index in [1.165, 1.54) is 24.1 Å². The van der Waals surface area contributed by atoms with Gasteiger partial charge < -0.3 is 24.1 Å². The third-order valence-electron chi connectivity index (χ3n) is 4.86. The SMILES string of the molecule is Cc1cccc(C)c1NC(=O)CN(C)C(=O)COC(=O)COc1ccc2ccc(=O)oc2c1. The summed E-state index contributed by atoms with van der Waals surface area (Å²) in [5.74, 6) is -1.35. The molecule has 0 bridgehead atoms. The lowest BCUT2D eigenvalue weighted by Crippen LogP contribution is -2.38. The van der Waals surface area contributed by atoms with Gasteiger partial charge in [0.2, 0.25) is 5.91 Å². The van der Waals surface area contributed by atoms with Gasteiger partial charge in [0.1, 0.15) is 11.3 Å². The van der Waals surface area contributed by atoms with Crippen LogP contribution in [0.5, 0.6) is 5.75 Å². The van der Waals surface area contributed by atoms with Crippen molar-refractivity contribution in [2.24, 2.45) is 0 Å². The minimum atomic E-state index is -0.758. The van der Waals surface area contributed by atoms with Gasteiger partial charge in [-0.25, -0.2) is 9.59 Å². The van der Waals surface area contributed by atoms with E-state index in [0.29, 0.717) is 22.4 Å². The second-order valence-corrected chi connectivity index (χ2v) is 7.47. The van der Waals surface area contributed by atoms with Crippen LogP contribution in [-0.4, -0.2) is 49.5 Å². The lowest BCUT2D eigenvalue weighted by molar-refractivity contribution is -0.153. The zero-order valence-corrected chi connectivity index (χ0v) is 18.5. The maximum atomic E-state index is 12.3. The number of hydrogen-bond acceptors (Lipinski definition) is 7. The number of nitrogens with one attached hydrogen (secondary N) is 1. The number of rotatable bonds is 8. The molecule has 0 radical (unpaired) electrons. The maximum Gasteiger partial charge on any atom is 0.344 e. The van der Waals surface area contributed by atoms with Crippen LogP contribution in [-0.2, 0) is 19.1 Å². The highest BCUT2D eigenvalue weighted by Crippen LogP contribution is 2.20. The molecule has 0 atom stereocenters. The maximum absolute atomic E-state index is 12.3. The lowest BCUT2D eigenvalue weighted by atomic mass is 10.1. The molecule has 0 aliphatic rings. The fourth-order valence-electron chi connectivity index (χ4n) is 3.06. The summed E-state index contributed by atoms with van der Waals surface area (Å²) in [5.41, 5.74) is 2.37. The highest BCUT2D eigenvalue weighted by Gasteiger charge is 2.16. The molecule has 0 aliphatic heterocycles. The number of fused-ring (bicyclic) bond motifs is 1. The van der Waals surface area contributed by atoms with Crippen LogP contribution >= 0.6 is 0 Å². The molecule has 9 nitrogen and oxygen atoms in total. The van der Waals surface area contributed by atoms with E-state index >= 15 is 0 Å². The molecule has 3 rings (SSSR count). The van der Waals surface area contributed by atoms with Gasteiger partial charge in [-0.1, -0.05) is 18.2 Å². The van der Waals surface area contributed by atoms with Gasteiger partial charge in [-0.15, -0.1) is 0 Å². The number of aryl methyl sites for hydroxylation is 2. The minimum Gasteiger partial charge on any atom is -0.482 e. The Morgan fingerprint density at radius 1 is 1.00 bits per heavy atom. The fourth-order valence-corrected chi connectivity index (χ4v) is 3.06. The first-order valence-corrected chi connectivity index (χ1v) is 10.2. The minimum absolute atomic E-state index is 0.192. The molecule has 9 heteroatoms. The molecule has 3 aromatic rings. The number of carbonyl (C=O) groups excluding carboxylic acids is 3. The quantitative estimate of drug-likeness (QED) is 0.412. The first kappa shape index (κ1) is 23.5.